The largest absolute Gasteiger partial charge is 0.460 e. The molecule has 0 aliphatic carbocycles. The summed E-state index contributed by atoms with van der Waals surface area (Å²) in [5.41, 5.74) is 0.693. The molecule has 1 aliphatic heterocycles. The van der Waals surface area contributed by atoms with E-state index in [1.54, 1.807) is 41.6 Å². The highest BCUT2D eigenvalue weighted by molar-refractivity contribution is 6.30. The van der Waals surface area contributed by atoms with E-state index in [1.165, 1.54) is 0 Å². The van der Waals surface area contributed by atoms with Crippen molar-refractivity contribution in [3.8, 4) is 6.01 Å². The number of likely N-dealkylation sites (tertiary alicyclic amines) is 1. The van der Waals surface area contributed by atoms with Crippen LogP contribution in [0.3, 0.4) is 0 Å². The molecule has 6 nitrogen and oxygen atoms in total. The Morgan fingerprint density at radius 3 is 2.65 bits per heavy atom. The molecule has 1 fully saturated rings. The number of urea groups is 1. The fourth-order valence-corrected chi connectivity index (χ4v) is 2.63. The Morgan fingerprint density at radius 1 is 1.22 bits per heavy atom. The summed E-state index contributed by atoms with van der Waals surface area (Å²) in [5, 5.41) is 3.45. The van der Waals surface area contributed by atoms with Crippen molar-refractivity contribution in [3.63, 3.8) is 0 Å². The molecule has 2 aromatic rings. The van der Waals surface area contributed by atoms with Crippen molar-refractivity contribution >= 4 is 23.3 Å². The van der Waals surface area contributed by atoms with Gasteiger partial charge in [0.25, 0.3) is 0 Å². The zero-order chi connectivity index (χ0) is 16.1. The number of carbonyl (C=O) groups excluding carboxylic acids is 1. The molecule has 2 heterocycles. The summed E-state index contributed by atoms with van der Waals surface area (Å²) in [7, 11) is 0. The van der Waals surface area contributed by atoms with Gasteiger partial charge in [-0.3, -0.25) is 0 Å². The summed E-state index contributed by atoms with van der Waals surface area (Å²) < 4.78 is 5.72. The predicted octanol–water partition coefficient (Wildman–Crippen LogP) is 3.21. The van der Waals surface area contributed by atoms with Gasteiger partial charge in [-0.15, -0.1) is 0 Å². The Labute approximate surface area is 139 Å². The number of ether oxygens (including phenoxy) is 1. The van der Waals surface area contributed by atoms with Crippen LogP contribution in [-0.2, 0) is 0 Å². The number of nitrogens with one attached hydrogen (secondary N) is 1. The Hall–Kier alpha value is -2.34. The van der Waals surface area contributed by atoms with Gasteiger partial charge >= 0.3 is 12.0 Å². The maximum absolute atomic E-state index is 12.3. The van der Waals surface area contributed by atoms with Crippen molar-refractivity contribution < 1.29 is 9.53 Å². The van der Waals surface area contributed by atoms with Crippen LogP contribution in [0.4, 0.5) is 10.5 Å². The van der Waals surface area contributed by atoms with E-state index in [9.17, 15) is 4.79 Å². The fraction of sp³-hybridized carbons (Fsp3) is 0.312. The summed E-state index contributed by atoms with van der Waals surface area (Å²) in [4.78, 5) is 22.1. The maximum atomic E-state index is 12.3. The smallest absolute Gasteiger partial charge is 0.321 e. The SMILES string of the molecule is O=C(Nc1cccc(Cl)c1)N1CCC(Oc2ncccn2)CC1. The normalized spacial score (nSPS) is 15.3. The highest BCUT2D eigenvalue weighted by Crippen LogP contribution is 2.18. The molecule has 120 valence electrons. The van der Waals surface area contributed by atoms with E-state index in [0.717, 1.165) is 12.8 Å². The fourth-order valence-electron chi connectivity index (χ4n) is 2.44. The summed E-state index contributed by atoms with van der Waals surface area (Å²) in [6.07, 6.45) is 4.83. The minimum absolute atomic E-state index is 0.0348. The molecule has 0 spiro atoms. The van der Waals surface area contributed by atoms with E-state index >= 15 is 0 Å². The second-order valence-corrected chi connectivity index (χ2v) is 5.71. The molecular formula is C16H17ClN4O2. The molecule has 23 heavy (non-hydrogen) atoms. The number of aromatic nitrogens is 2. The average molecular weight is 333 g/mol. The minimum atomic E-state index is -0.123. The van der Waals surface area contributed by atoms with Gasteiger partial charge in [0.05, 0.1) is 0 Å². The van der Waals surface area contributed by atoms with Crippen molar-refractivity contribution in [2.75, 3.05) is 18.4 Å². The third-order valence-electron chi connectivity index (χ3n) is 3.62. The lowest BCUT2D eigenvalue weighted by molar-refractivity contribution is 0.107. The molecular weight excluding hydrogens is 316 g/mol. The Morgan fingerprint density at radius 2 is 1.96 bits per heavy atom. The first-order valence-electron chi connectivity index (χ1n) is 7.46. The zero-order valence-electron chi connectivity index (χ0n) is 12.5. The van der Waals surface area contributed by atoms with Crippen LogP contribution in [0.15, 0.2) is 42.7 Å². The molecule has 7 heteroatoms. The summed E-state index contributed by atoms with van der Waals surface area (Å²) in [6.45, 7) is 1.26. The molecule has 0 atom stereocenters. The molecule has 1 aliphatic rings. The molecule has 0 unspecified atom stereocenters. The van der Waals surface area contributed by atoms with Crippen molar-refractivity contribution in [1.29, 1.82) is 0 Å². The molecule has 2 amide bonds. The standard InChI is InChI=1S/C16H17ClN4O2/c17-12-3-1-4-13(11-12)20-16(22)21-9-5-14(6-10-21)23-15-18-7-2-8-19-15/h1-4,7-8,11,14H,5-6,9-10H2,(H,20,22). The van der Waals surface area contributed by atoms with Crippen molar-refractivity contribution in [2.24, 2.45) is 0 Å². The number of anilines is 1. The number of nitrogens with zero attached hydrogens (tertiary/aromatic N) is 3. The molecule has 1 saturated heterocycles. The quantitative estimate of drug-likeness (QED) is 0.937. The highest BCUT2D eigenvalue weighted by Gasteiger charge is 2.24. The van der Waals surface area contributed by atoms with E-state index < -0.39 is 0 Å². The van der Waals surface area contributed by atoms with Crippen LogP contribution < -0.4 is 10.1 Å². The number of benzene rings is 1. The Balaban J connectivity index is 1.49. The van der Waals surface area contributed by atoms with E-state index in [4.69, 9.17) is 16.3 Å². The van der Waals surface area contributed by atoms with Crippen LogP contribution in [-0.4, -0.2) is 40.1 Å². The molecule has 1 aromatic heterocycles. The highest BCUT2D eigenvalue weighted by atomic mass is 35.5. The number of rotatable bonds is 3. The lowest BCUT2D eigenvalue weighted by Crippen LogP contribution is -2.43. The third-order valence-corrected chi connectivity index (χ3v) is 3.85. The second kappa shape index (κ2) is 7.28. The van der Waals surface area contributed by atoms with Crippen LogP contribution in [0.25, 0.3) is 0 Å². The summed E-state index contributed by atoms with van der Waals surface area (Å²) in [6, 6.07) is 9.12. The van der Waals surface area contributed by atoms with Gasteiger partial charge in [-0.25, -0.2) is 14.8 Å². The van der Waals surface area contributed by atoms with E-state index in [2.05, 4.69) is 15.3 Å². The van der Waals surface area contributed by atoms with E-state index in [0.29, 0.717) is 29.8 Å². The summed E-state index contributed by atoms with van der Waals surface area (Å²) >= 11 is 5.92. The van der Waals surface area contributed by atoms with Crippen molar-refractivity contribution in [2.45, 2.75) is 18.9 Å². The molecule has 0 radical (unpaired) electrons. The van der Waals surface area contributed by atoms with Gasteiger partial charge in [-0.2, -0.15) is 0 Å². The van der Waals surface area contributed by atoms with Gasteiger partial charge < -0.3 is 15.0 Å². The van der Waals surface area contributed by atoms with Crippen LogP contribution >= 0.6 is 11.6 Å². The number of hydrogen-bond donors (Lipinski definition) is 1. The van der Waals surface area contributed by atoms with E-state index in [1.807, 2.05) is 6.07 Å². The first kappa shape index (κ1) is 15.6. The van der Waals surface area contributed by atoms with Gasteiger partial charge in [0.2, 0.25) is 0 Å². The minimum Gasteiger partial charge on any atom is -0.460 e. The molecule has 3 rings (SSSR count). The van der Waals surface area contributed by atoms with Gasteiger partial charge in [0, 0.05) is 49.0 Å². The first-order chi connectivity index (χ1) is 11.2. The van der Waals surface area contributed by atoms with Crippen molar-refractivity contribution in [3.05, 3.63) is 47.7 Å². The second-order valence-electron chi connectivity index (χ2n) is 5.28. The lowest BCUT2D eigenvalue weighted by Gasteiger charge is -2.31. The molecule has 1 N–H and O–H groups in total. The number of carbonyl (C=O) groups is 1. The maximum Gasteiger partial charge on any atom is 0.321 e. The van der Waals surface area contributed by atoms with Crippen LogP contribution in [0.2, 0.25) is 5.02 Å². The number of amides is 2. The van der Waals surface area contributed by atoms with Gasteiger partial charge in [0.1, 0.15) is 6.10 Å². The monoisotopic (exact) mass is 332 g/mol. The first-order valence-corrected chi connectivity index (χ1v) is 7.84. The number of halogens is 1. The lowest BCUT2D eigenvalue weighted by atomic mass is 10.1. The van der Waals surface area contributed by atoms with Gasteiger partial charge in [-0.1, -0.05) is 17.7 Å². The van der Waals surface area contributed by atoms with Crippen LogP contribution in [0.1, 0.15) is 12.8 Å². The summed E-state index contributed by atoms with van der Waals surface area (Å²) in [5.74, 6) is 0. The molecule has 0 bridgehead atoms. The van der Waals surface area contributed by atoms with Crippen LogP contribution in [0.5, 0.6) is 6.01 Å². The molecule has 0 saturated carbocycles. The van der Waals surface area contributed by atoms with Crippen molar-refractivity contribution in [1.82, 2.24) is 14.9 Å². The zero-order valence-corrected chi connectivity index (χ0v) is 13.2. The Bertz CT molecular complexity index is 660. The topological polar surface area (TPSA) is 67.4 Å². The van der Waals surface area contributed by atoms with Gasteiger partial charge in [0.15, 0.2) is 0 Å². The van der Waals surface area contributed by atoms with Gasteiger partial charge in [-0.05, 0) is 24.3 Å². The number of hydrogen-bond acceptors (Lipinski definition) is 4. The average Bonchev–Trinajstić information content (AvgIpc) is 2.56. The predicted molar refractivity (Wildman–Crippen MR) is 87.7 cm³/mol. The van der Waals surface area contributed by atoms with Crippen LogP contribution in [0, 0.1) is 0 Å². The number of piperidine rings is 1. The third kappa shape index (κ3) is 4.32. The molecule has 1 aromatic carbocycles. The van der Waals surface area contributed by atoms with E-state index in [-0.39, 0.29) is 12.1 Å². The Kier molecular flexibility index (Phi) is 4.92.